The summed E-state index contributed by atoms with van der Waals surface area (Å²) in [6.07, 6.45) is 2.89. The molecule has 2 rings (SSSR count). The van der Waals surface area contributed by atoms with Crippen molar-refractivity contribution in [3.63, 3.8) is 0 Å². The molecule has 3 heteroatoms. The summed E-state index contributed by atoms with van der Waals surface area (Å²) >= 11 is 0. The van der Waals surface area contributed by atoms with Crippen LogP contribution in [0.3, 0.4) is 0 Å². The second-order valence-corrected chi connectivity index (χ2v) is 4.00. The van der Waals surface area contributed by atoms with E-state index in [1.807, 2.05) is 13.2 Å². The molecule has 2 aromatic heterocycles. The summed E-state index contributed by atoms with van der Waals surface area (Å²) in [6, 6.07) is 6.73. The van der Waals surface area contributed by atoms with Crippen LogP contribution in [-0.2, 0) is 6.42 Å². The van der Waals surface area contributed by atoms with Crippen LogP contribution in [0.15, 0.2) is 24.4 Å². The maximum absolute atomic E-state index is 4.47. The van der Waals surface area contributed by atoms with Gasteiger partial charge >= 0.3 is 0 Å². The Hall–Kier alpha value is -1.35. The van der Waals surface area contributed by atoms with Crippen LogP contribution in [0.25, 0.3) is 5.52 Å². The molecule has 0 amide bonds. The molecule has 0 aromatic carbocycles. The molecule has 3 nitrogen and oxygen atoms in total. The van der Waals surface area contributed by atoms with Crippen molar-refractivity contribution in [3.05, 3.63) is 35.9 Å². The largest absolute Gasteiger partial charge is 0.317 e. The summed E-state index contributed by atoms with van der Waals surface area (Å²) in [4.78, 5) is 4.47. The molecular weight excluding hydrogens is 186 g/mol. The second-order valence-electron chi connectivity index (χ2n) is 4.00. The topological polar surface area (TPSA) is 29.3 Å². The van der Waals surface area contributed by atoms with Crippen molar-refractivity contribution in [2.75, 3.05) is 7.05 Å². The first-order valence-corrected chi connectivity index (χ1v) is 5.31. The van der Waals surface area contributed by atoms with Crippen molar-refractivity contribution in [2.24, 2.45) is 0 Å². The summed E-state index contributed by atoms with van der Waals surface area (Å²) in [6.45, 7) is 4.28. The molecule has 0 aliphatic rings. The Bertz CT molecular complexity index is 459. The van der Waals surface area contributed by atoms with Gasteiger partial charge in [0.15, 0.2) is 0 Å². The lowest BCUT2D eigenvalue weighted by Crippen LogP contribution is -2.24. The van der Waals surface area contributed by atoms with Crippen LogP contribution in [0.5, 0.6) is 0 Å². The highest BCUT2D eigenvalue weighted by Crippen LogP contribution is 2.11. The molecule has 2 aromatic rings. The van der Waals surface area contributed by atoms with Crippen LogP contribution in [0, 0.1) is 6.92 Å². The lowest BCUT2D eigenvalue weighted by atomic mass is 10.2. The number of aryl methyl sites for hydroxylation is 1. The molecule has 2 heterocycles. The van der Waals surface area contributed by atoms with Crippen LogP contribution < -0.4 is 5.32 Å². The Morgan fingerprint density at radius 2 is 2.27 bits per heavy atom. The third kappa shape index (κ3) is 1.88. The van der Waals surface area contributed by atoms with Crippen molar-refractivity contribution in [2.45, 2.75) is 26.3 Å². The molecular formula is C12H17N3. The van der Waals surface area contributed by atoms with Gasteiger partial charge in [-0.25, -0.2) is 4.98 Å². The normalized spacial score (nSPS) is 13.3. The molecule has 0 spiro atoms. The lowest BCUT2D eigenvalue weighted by Gasteiger charge is -2.10. The van der Waals surface area contributed by atoms with Crippen molar-refractivity contribution in [1.82, 2.24) is 14.7 Å². The molecule has 0 saturated carbocycles. The van der Waals surface area contributed by atoms with Gasteiger partial charge < -0.3 is 9.72 Å². The van der Waals surface area contributed by atoms with E-state index in [2.05, 4.69) is 46.7 Å². The Labute approximate surface area is 90.1 Å². The fourth-order valence-electron chi connectivity index (χ4n) is 1.81. The second kappa shape index (κ2) is 4.03. The number of nitrogens with zero attached hydrogens (tertiary/aromatic N) is 2. The van der Waals surface area contributed by atoms with Gasteiger partial charge in [-0.1, -0.05) is 6.07 Å². The number of hydrogen-bond donors (Lipinski definition) is 1. The molecule has 15 heavy (non-hydrogen) atoms. The first-order valence-electron chi connectivity index (χ1n) is 5.31. The van der Waals surface area contributed by atoms with Gasteiger partial charge in [-0.3, -0.25) is 0 Å². The van der Waals surface area contributed by atoms with Crippen LogP contribution in [-0.4, -0.2) is 22.5 Å². The quantitative estimate of drug-likeness (QED) is 0.824. The van der Waals surface area contributed by atoms with Gasteiger partial charge in [-0.05, 0) is 33.0 Å². The van der Waals surface area contributed by atoms with Gasteiger partial charge in [-0.15, -0.1) is 0 Å². The summed E-state index contributed by atoms with van der Waals surface area (Å²) in [5.74, 6) is 1.13. The first-order chi connectivity index (χ1) is 7.22. The summed E-state index contributed by atoms with van der Waals surface area (Å²) in [5.41, 5.74) is 2.41. The molecule has 0 aliphatic carbocycles. The fraction of sp³-hybridized carbons (Fsp3) is 0.417. The van der Waals surface area contributed by atoms with Crippen LogP contribution in [0.4, 0.5) is 0 Å². The smallest absolute Gasteiger partial charge is 0.114 e. The molecule has 0 fully saturated rings. The van der Waals surface area contributed by atoms with Crippen molar-refractivity contribution in [3.8, 4) is 0 Å². The minimum Gasteiger partial charge on any atom is -0.317 e. The molecule has 1 unspecified atom stereocenters. The highest BCUT2D eigenvalue weighted by Gasteiger charge is 2.08. The zero-order chi connectivity index (χ0) is 10.8. The summed E-state index contributed by atoms with van der Waals surface area (Å²) in [5, 5.41) is 3.23. The Morgan fingerprint density at radius 1 is 1.47 bits per heavy atom. The van der Waals surface area contributed by atoms with E-state index in [0.717, 1.165) is 12.2 Å². The number of pyridine rings is 1. The molecule has 0 saturated heterocycles. The zero-order valence-electron chi connectivity index (χ0n) is 9.49. The number of rotatable bonds is 3. The van der Waals surface area contributed by atoms with Gasteiger partial charge in [0.25, 0.3) is 0 Å². The highest BCUT2D eigenvalue weighted by atomic mass is 15.0. The van der Waals surface area contributed by atoms with E-state index in [-0.39, 0.29) is 0 Å². The van der Waals surface area contributed by atoms with Crippen LogP contribution in [0.1, 0.15) is 18.4 Å². The number of aromatic nitrogens is 2. The van der Waals surface area contributed by atoms with Gasteiger partial charge in [0.2, 0.25) is 0 Å². The Balaban J connectivity index is 2.43. The summed E-state index contributed by atoms with van der Waals surface area (Å²) in [7, 11) is 1.98. The van der Waals surface area contributed by atoms with Crippen LogP contribution >= 0.6 is 0 Å². The minimum absolute atomic E-state index is 0.454. The first kappa shape index (κ1) is 10.2. The highest BCUT2D eigenvalue weighted by molar-refractivity contribution is 5.47. The molecule has 0 aliphatic heterocycles. The Morgan fingerprint density at radius 3 is 3.00 bits per heavy atom. The van der Waals surface area contributed by atoms with Crippen molar-refractivity contribution < 1.29 is 0 Å². The molecule has 1 atom stereocenters. The van der Waals surface area contributed by atoms with E-state index in [1.165, 1.54) is 11.2 Å². The maximum atomic E-state index is 4.47. The molecule has 80 valence electrons. The maximum Gasteiger partial charge on any atom is 0.114 e. The predicted octanol–water partition coefficient (Wildman–Crippen LogP) is 1.79. The third-order valence-corrected chi connectivity index (χ3v) is 2.80. The van der Waals surface area contributed by atoms with Gasteiger partial charge in [0, 0.05) is 18.2 Å². The van der Waals surface area contributed by atoms with Gasteiger partial charge in [0.1, 0.15) is 5.82 Å². The van der Waals surface area contributed by atoms with Gasteiger partial charge in [-0.2, -0.15) is 0 Å². The average Bonchev–Trinajstić information content (AvgIpc) is 2.63. The van der Waals surface area contributed by atoms with Crippen molar-refractivity contribution >= 4 is 5.52 Å². The molecule has 0 bridgehead atoms. The van der Waals surface area contributed by atoms with Crippen molar-refractivity contribution in [1.29, 1.82) is 0 Å². The number of fused-ring (bicyclic) bond motifs is 1. The Kier molecular flexibility index (Phi) is 2.73. The average molecular weight is 203 g/mol. The number of hydrogen-bond acceptors (Lipinski definition) is 2. The molecule has 1 N–H and O–H groups in total. The lowest BCUT2D eigenvalue weighted by molar-refractivity contribution is 0.588. The fourth-order valence-corrected chi connectivity index (χ4v) is 1.81. The summed E-state index contributed by atoms with van der Waals surface area (Å²) < 4.78 is 2.22. The van der Waals surface area contributed by atoms with E-state index >= 15 is 0 Å². The SMILES string of the molecule is CNC(C)Cc1ncc2cccc(C)n12. The standard InChI is InChI=1S/C12H17N3/c1-9(13-3)7-12-14-8-11-6-4-5-10(2)15(11)12/h4-6,8-9,13H,7H2,1-3H3. The zero-order valence-corrected chi connectivity index (χ0v) is 9.49. The molecule has 0 radical (unpaired) electrons. The minimum atomic E-state index is 0.454. The third-order valence-electron chi connectivity index (χ3n) is 2.80. The van der Waals surface area contributed by atoms with Crippen LogP contribution in [0.2, 0.25) is 0 Å². The number of imidazole rings is 1. The number of likely N-dealkylation sites (N-methyl/N-ethyl adjacent to an activating group) is 1. The number of nitrogens with one attached hydrogen (secondary N) is 1. The van der Waals surface area contributed by atoms with E-state index in [4.69, 9.17) is 0 Å². The van der Waals surface area contributed by atoms with E-state index in [0.29, 0.717) is 6.04 Å². The van der Waals surface area contributed by atoms with Gasteiger partial charge in [0.05, 0.1) is 11.7 Å². The van der Waals surface area contributed by atoms with E-state index in [9.17, 15) is 0 Å². The van der Waals surface area contributed by atoms with E-state index in [1.54, 1.807) is 0 Å². The van der Waals surface area contributed by atoms with E-state index < -0.39 is 0 Å². The predicted molar refractivity (Wildman–Crippen MR) is 62.2 cm³/mol. The monoisotopic (exact) mass is 203 g/mol.